The van der Waals surface area contributed by atoms with Crippen LogP contribution < -0.4 is 9.64 Å². The van der Waals surface area contributed by atoms with Crippen LogP contribution in [-0.2, 0) is 16.0 Å². The Hall–Kier alpha value is -4.00. The van der Waals surface area contributed by atoms with Crippen LogP contribution in [0.3, 0.4) is 0 Å². The maximum absolute atomic E-state index is 14.0. The van der Waals surface area contributed by atoms with Crippen LogP contribution in [-0.4, -0.2) is 22.9 Å². The molecule has 0 spiro atoms. The lowest BCUT2D eigenvalue weighted by molar-refractivity contribution is -0.132. The van der Waals surface area contributed by atoms with Gasteiger partial charge < -0.3 is 9.84 Å². The third-order valence-corrected chi connectivity index (χ3v) is 5.89. The number of rotatable bonds is 3. The first-order chi connectivity index (χ1) is 15.8. The lowest BCUT2D eigenvalue weighted by Crippen LogP contribution is -2.29. The van der Waals surface area contributed by atoms with E-state index in [2.05, 4.69) is 0 Å². The summed E-state index contributed by atoms with van der Waals surface area (Å²) in [7, 11) is 0. The van der Waals surface area contributed by atoms with Crippen LogP contribution in [0.4, 0.5) is 14.5 Å². The van der Waals surface area contributed by atoms with Gasteiger partial charge in [-0.1, -0.05) is 18.2 Å². The van der Waals surface area contributed by atoms with Crippen LogP contribution in [0.5, 0.6) is 5.75 Å². The van der Waals surface area contributed by atoms with Crippen molar-refractivity contribution in [3.05, 3.63) is 101 Å². The van der Waals surface area contributed by atoms with E-state index < -0.39 is 29.4 Å². The van der Waals surface area contributed by atoms with E-state index in [-0.39, 0.29) is 23.1 Å². The lowest BCUT2D eigenvalue weighted by atomic mass is 9.94. The quantitative estimate of drug-likeness (QED) is 0.352. The molecule has 2 aliphatic heterocycles. The van der Waals surface area contributed by atoms with Crippen LogP contribution in [0.1, 0.15) is 29.7 Å². The lowest BCUT2D eigenvalue weighted by Gasteiger charge is -2.25. The van der Waals surface area contributed by atoms with Crippen molar-refractivity contribution in [2.75, 3.05) is 4.90 Å². The van der Waals surface area contributed by atoms with Gasteiger partial charge in [-0.05, 0) is 66.6 Å². The number of benzene rings is 3. The summed E-state index contributed by atoms with van der Waals surface area (Å²) in [6.45, 7) is 1.93. The average Bonchev–Trinajstić information content (AvgIpc) is 3.29. The number of nitrogens with zero attached hydrogens (tertiary/aromatic N) is 1. The number of ether oxygens (including phenoxy) is 1. The average molecular weight is 447 g/mol. The van der Waals surface area contributed by atoms with E-state index in [4.69, 9.17) is 4.74 Å². The number of anilines is 1. The van der Waals surface area contributed by atoms with Gasteiger partial charge in [0.15, 0.2) is 0 Å². The van der Waals surface area contributed by atoms with Gasteiger partial charge in [-0.25, -0.2) is 8.78 Å². The molecule has 7 heteroatoms. The molecule has 0 aromatic heterocycles. The Kier molecular flexibility index (Phi) is 4.96. The van der Waals surface area contributed by atoms with Gasteiger partial charge in [0.1, 0.15) is 29.2 Å². The van der Waals surface area contributed by atoms with E-state index >= 15 is 0 Å². The minimum absolute atomic E-state index is 0.00447. The first-order valence-electron chi connectivity index (χ1n) is 10.5. The Morgan fingerprint density at radius 1 is 1.00 bits per heavy atom. The molecule has 166 valence electrons. The van der Waals surface area contributed by atoms with Crippen molar-refractivity contribution >= 4 is 23.1 Å². The Bertz CT molecular complexity index is 1320. The second-order valence-corrected chi connectivity index (χ2v) is 8.16. The molecule has 1 N–H and O–H groups in total. The molecule has 0 radical (unpaired) electrons. The zero-order chi connectivity index (χ0) is 23.3. The zero-order valence-corrected chi connectivity index (χ0v) is 17.6. The van der Waals surface area contributed by atoms with Gasteiger partial charge in [-0.15, -0.1) is 0 Å². The molecule has 33 heavy (non-hydrogen) atoms. The first kappa shape index (κ1) is 20.9. The fourth-order valence-electron chi connectivity index (χ4n) is 4.41. The van der Waals surface area contributed by atoms with E-state index in [0.717, 1.165) is 16.5 Å². The SMILES string of the molecule is CC1Cc2cc(/C(O)=C3/C(=O)C(=O)N(c4cccc(F)c4)C3c3ccc(F)cc3)ccc2O1. The van der Waals surface area contributed by atoms with Crippen molar-refractivity contribution in [1.82, 2.24) is 0 Å². The Morgan fingerprint density at radius 3 is 2.48 bits per heavy atom. The topological polar surface area (TPSA) is 66.8 Å². The number of halogens is 2. The first-order valence-corrected chi connectivity index (χ1v) is 10.5. The van der Waals surface area contributed by atoms with Crippen molar-refractivity contribution in [2.45, 2.75) is 25.5 Å². The Morgan fingerprint density at radius 2 is 1.76 bits per heavy atom. The summed E-state index contributed by atoms with van der Waals surface area (Å²) in [5, 5.41) is 11.2. The highest BCUT2D eigenvalue weighted by molar-refractivity contribution is 6.51. The van der Waals surface area contributed by atoms with Crippen molar-refractivity contribution in [3.63, 3.8) is 0 Å². The summed E-state index contributed by atoms with van der Waals surface area (Å²) in [5.74, 6) is -2.54. The van der Waals surface area contributed by atoms with Crippen molar-refractivity contribution in [3.8, 4) is 5.75 Å². The number of carbonyl (C=O) groups is 2. The second kappa shape index (κ2) is 7.85. The molecule has 0 saturated carbocycles. The molecule has 1 saturated heterocycles. The Balaban J connectivity index is 1.69. The molecule has 2 unspecified atom stereocenters. The molecule has 2 atom stereocenters. The highest BCUT2D eigenvalue weighted by atomic mass is 19.1. The van der Waals surface area contributed by atoms with Crippen molar-refractivity contribution < 1.29 is 28.2 Å². The fourth-order valence-corrected chi connectivity index (χ4v) is 4.41. The van der Waals surface area contributed by atoms with Gasteiger partial charge in [-0.3, -0.25) is 14.5 Å². The smallest absolute Gasteiger partial charge is 0.300 e. The number of aliphatic hydroxyl groups excluding tert-OH is 1. The number of carbonyl (C=O) groups excluding carboxylic acids is 2. The van der Waals surface area contributed by atoms with Crippen LogP contribution in [0.15, 0.2) is 72.3 Å². The molecule has 0 aliphatic carbocycles. The van der Waals surface area contributed by atoms with Gasteiger partial charge in [-0.2, -0.15) is 0 Å². The number of hydrogen-bond acceptors (Lipinski definition) is 4. The summed E-state index contributed by atoms with van der Waals surface area (Å²) < 4.78 is 33.3. The Labute approximate surface area is 188 Å². The molecule has 1 amide bonds. The van der Waals surface area contributed by atoms with Gasteiger partial charge >= 0.3 is 0 Å². The molecule has 3 aromatic rings. The van der Waals surface area contributed by atoms with Crippen LogP contribution in [0.25, 0.3) is 5.76 Å². The molecule has 2 heterocycles. The number of amides is 1. The number of Topliss-reactive ketones (excluding diaryl/α,β-unsaturated/α-hetero) is 1. The predicted octanol–water partition coefficient (Wildman–Crippen LogP) is 4.91. The summed E-state index contributed by atoms with van der Waals surface area (Å²) in [6, 6.07) is 14.6. The summed E-state index contributed by atoms with van der Waals surface area (Å²) in [5.41, 5.74) is 1.64. The molecule has 3 aromatic carbocycles. The van der Waals surface area contributed by atoms with E-state index in [0.29, 0.717) is 23.3 Å². The monoisotopic (exact) mass is 447 g/mol. The number of aliphatic hydroxyl groups is 1. The van der Waals surface area contributed by atoms with E-state index in [1.165, 1.54) is 42.5 Å². The maximum Gasteiger partial charge on any atom is 0.300 e. The van der Waals surface area contributed by atoms with Gasteiger partial charge in [0.25, 0.3) is 11.7 Å². The van der Waals surface area contributed by atoms with E-state index in [1.54, 1.807) is 18.2 Å². The van der Waals surface area contributed by atoms with Crippen molar-refractivity contribution in [2.24, 2.45) is 0 Å². The number of fused-ring (bicyclic) bond motifs is 1. The summed E-state index contributed by atoms with van der Waals surface area (Å²) in [6.07, 6.45) is 0.644. The molecule has 1 fully saturated rings. The largest absolute Gasteiger partial charge is 0.507 e. The van der Waals surface area contributed by atoms with Crippen LogP contribution in [0, 0.1) is 11.6 Å². The highest BCUT2D eigenvalue weighted by Gasteiger charge is 2.47. The summed E-state index contributed by atoms with van der Waals surface area (Å²) in [4.78, 5) is 27.3. The van der Waals surface area contributed by atoms with Crippen molar-refractivity contribution in [1.29, 1.82) is 0 Å². The standard InChI is InChI=1S/C26H19F2NO4/c1-14-11-17-12-16(7-10-21(17)33-14)24(30)22-23(15-5-8-18(27)9-6-15)29(26(32)25(22)31)20-4-2-3-19(28)13-20/h2-10,12-14,23,30H,11H2,1H3/b24-22-. The normalized spacial score (nSPS) is 21.2. The van der Waals surface area contributed by atoms with Gasteiger partial charge in [0.2, 0.25) is 0 Å². The fraction of sp³-hybridized carbons (Fsp3) is 0.154. The van der Waals surface area contributed by atoms with E-state index in [1.807, 2.05) is 6.92 Å². The molecule has 2 aliphatic rings. The third-order valence-electron chi connectivity index (χ3n) is 5.89. The van der Waals surface area contributed by atoms with Gasteiger partial charge in [0.05, 0.1) is 11.6 Å². The third kappa shape index (κ3) is 3.55. The molecular formula is C26H19F2NO4. The predicted molar refractivity (Wildman–Crippen MR) is 118 cm³/mol. The van der Waals surface area contributed by atoms with Gasteiger partial charge in [0, 0.05) is 17.7 Å². The van der Waals surface area contributed by atoms with Crippen LogP contribution >= 0.6 is 0 Å². The number of ketones is 1. The minimum atomic E-state index is -1.06. The second-order valence-electron chi connectivity index (χ2n) is 8.16. The highest BCUT2D eigenvalue weighted by Crippen LogP contribution is 2.43. The van der Waals surface area contributed by atoms with E-state index in [9.17, 15) is 23.5 Å². The molecule has 0 bridgehead atoms. The van der Waals surface area contributed by atoms with Crippen LogP contribution in [0.2, 0.25) is 0 Å². The zero-order valence-electron chi connectivity index (χ0n) is 17.6. The number of hydrogen-bond donors (Lipinski definition) is 1. The molecule has 5 rings (SSSR count). The molecular weight excluding hydrogens is 428 g/mol. The molecule has 5 nitrogen and oxygen atoms in total. The maximum atomic E-state index is 14.0. The minimum Gasteiger partial charge on any atom is -0.507 e. The summed E-state index contributed by atoms with van der Waals surface area (Å²) >= 11 is 0.